The Morgan fingerprint density at radius 1 is 1.07 bits per heavy atom. The summed E-state index contributed by atoms with van der Waals surface area (Å²) in [6.07, 6.45) is -1.08. The number of likely N-dealkylation sites (tertiary alicyclic amines) is 1. The minimum Gasteiger partial charge on any atom is -0.324 e. The van der Waals surface area contributed by atoms with Gasteiger partial charge in [0.15, 0.2) is 0 Å². The van der Waals surface area contributed by atoms with Gasteiger partial charge < -0.3 is 10.2 Å². The predicted octanol–water partition coefficient (Wildman–Crippen LogP) is 4.96. The molecular formula is C22H22F3N3O2. The van der Waals surface area contributed by atoms with E-state index in [2.05, 4.69) is 16.9 Å². The van der Waals surface area contributed by atoms with Crippen molar-refractivity contribution in [3.05, 3.63) is 71.3 Å². The van der Waals surface area contributed by atoms with Crippen LogP contribution in [0.1, 0.15) is 29.5 Å². The number of urea groups is 1. The first-order valence-corrected chi connectivity index (χ1v) is 9.71. The number of aryl methyl sites for hydroxylation is 1. The van der Waals surface area contributed by atoms with Crippen LogP contribution in [0.25, 0.3) is 5.70 Å². The first-order valence-electron chi connectivity index (χ1n) is 9.71. The Labute approximate surface area is 172 Å². The summed E-state index contributed by atoms with van der Waals surface area (Å²) in [6.45, 7) is 2.99. The van der Waals surface area contributed by atoms with Gasteiger partial charge in [-0.1, -0.05) is 29.8 Å². The van der Waals surface area contributed by atoms with E-state index in [1.807, 2.05) is 31.2 Å². The number of amides is 2. The van der Waals surface area contributed by atoms with Crippen LogP contribution in [-0.4, -0.2) is 29.6 Å². The minimum atomic E-state index is -4.40. The number of hydroxylamine groups is 1. The van der Waals surface area contributed by atoms with Crippen LogP contribution in [0.3, 0.4) is 0 Å². The largest absolute Gasteiger partial charge is 0.416 e. The van der Waals surface area contributed by atoms with E-state index in [9.17, 15) is 18.0 Å². The van der Waals surface area contributed by atoms with Gasteiger partial charge in [-0.3, -0.25) is 10.3 Å². The third-order valence-corrected chi connectivity index (χ3v) is 5.49. The van der Waals surface area contributed by atoms with Gasteiger partial charge in [-0.15, -0.1) is 0 Å². The van der Waals surface area contributed by atoms with Gasteiger partial charge in [-0.05, 0) is 42.8 Å². The average Bonchev–Trinajstić information content (AvgIpc) is 3.12. The lowest BCUT2D eigenvalue weighted by Gasteiger charge is -2.36. The maximum Gasteiger partial charge on any atom is 0.416 e. The minimum absolute atomic E-state index is 0.327. The molecule has 0 aliphatic carbocycles. The van der Waals surface area contributed by atoms with Crippen molar-refractivity contribution in [1.82, 2.24) is 10.4 Å². The van der Waals surface area contributed by atoms with E-state index >= 15 is 0 Å². The number of carbonyl (C=O) groups excluding carboxylic acids is 1. The van der Waals surface area contributed by atoms with Gasteiger partial charge in [-0.25, -0.2) is 4.79 Å². The number of hydrogen-bond donors (Lipinski definition) is 2. The Kier molecular flexibility index (Phi) is 5.19. The molecule has 0 radical (unpaired) electrons. The number of nitrogens with zero attached hydrogens (tertiary/aromatic N) is 1. The molecule has 30 heavy (non-hydrogen) atoms. The fourth-order valence-corrected chi connectivity index (χ4v) is 3.63. The van der Waals surface area contributed by atoms with Gasteiger partial charge in [0.05, 0.1) is 11.3 Å². The van der Waals surface area contributed by atoms with E-state index in [1.165, 1.54) is 17.7 Å². The van der Waals surface area contributed by atoms with Crippen molar-refractivity contribution in [2.24, 2.45) is 0 Å². The lowest BCUT2D eigenvalue weighted by Crippen LogP contribution is -2.48. The zero-order valence-electron chi connectivity index (χ0n) is 16.4. The van der Waals surface area contributed by atoms with E-state index in [-0.39, 0.29) is 6.03 Å². The number of carbonyl (C=O) groups is 1. The molecule has 1 saturated heterocycles. The maximum absolute atomic E-state index is 12.7. The highest BCUT2D eigenvalue weighted by atomic mass is 19.4. The second kappa shape index (κ2) is 7.68. The SMILES string of the molecule is Cc1ccc(C2=CC3(CCN(C(=O)Nc4ccc(C(F)(F)F)cc4)CC3)ON2)cc1. The normalized spacial score (nSPS) is 18.1. The Hall–Kier alpha value is -3.00. The van der Waals surface area contributed by atoms with Crippen LogP contribution >= 0.6 is 0 Å². The van der Waals surface area contributed by atoms with Crippen molar-refractivity contribution in [2.75, 3.05) is 18.4 Å². The third-order valence-electron chi connectivity index (χ3n) is 5.49. The van der Waals surface area contributed by atoms with Crippen molar-refractivity contribution in [2.45, 2.75) is 31.5 Å². The first kappa shape index (κ1) is 20.3. The first-order chi connectivity index (χ1) is 14.2. The lowest BCUT2D eigenvalue weighted by molar-refractivity contribution is -0.137. The van der Waals surface area contributed by atoms with Crippen molar-refractivity contribution < 1.29 is 22.8 Å². The zero-order chi connectivity index (χ0) is 21.4. The highest BCUT2D eigenvalue weighted by Gasteiger charge is 2.40. The van der Waals surface area contributed by atoms with Crippen LogP contribution < -0.4 is 10.8 Å². The maximum atomic E-state index is 12.7. The number of piperidine rings is 1. The van der Waals surface area contributed by atoms with Crippen LogP contribution in [0.15, 0.2) is 54.6 Å². The number of nitrogens with one attached hydrogen (secondary N) is 2. The van der Waals surface area contributed by atoms with E-state index in [1.54, 1.807) is 4.90 Å². The molecule has 2 heterocycles. The average molecular weight is 417 g/mol. The number of halogens is 3. The highest BCUT2D eigenvalue weighted by Crippen LogP contribution is 2.35. The second-order valence-electron chi connectivity index (χ2n) is 7.69. The number of hydrogen-bond acceptors (Lipinski definition) is 3. The molecule has 8 heteroatoms. The number of benzene rings is 2. The van der Waals surface area contributed by atoms with Crippen molar-refractivity contribution >= 4 is 17.4 Å². The summed E-state index contributed by atoms with van der Waals surface area (Å²) in [7, 11) is 0. The molecule has 1 fully saturated rings. The molecule has 0 unspecified atom stereocenters. The van der Waals surface area contributed by atoms with E-state index in [4.69, 9.17) is 4.84 Å². The van der Waals surface area contributed by atoms with Crippen molar-refractivity contribution in [1.29, 1.82) is 0 Å². The molecule has 0 bridgehead atoms. The molecule has 0 atom stereocenters. The number of anilines is 1. The monoisotopic (exact) mass is 417 g/mol. The van der Waals surface area contributed by atoms with Gasteiger partial charge in [0, 0.05) is 31.6 Å². The summed E-state index contributed by atoms with van der Waals surface area (Å²) in [5.74, 6) is 0. The molecule has 2 aromatic carbocycles. The van der Waals surface area contributed by atoms with E-state index < -0.39 is 17.3 Å². The van der Waals surface area contributed by atoms with Gasteiger partial charge in [0.25, 0.3) is 0 Å². The summed E-state index contributed by atoms with van der Waals surface area (Å²) < 4.78 is 38.0. The smallest absolute Gasteiger partial charge is 0.324 e. The number of alkyl halides is 3. The molecule has 0 saturated carbocycles. The van der Waals surface area contributed by atoms with Gasteiger partial charge >= 0.3 is 12.2 Å². The Balaban J connectivity index is 1.35. The van der Waals surface area contributed by atoms with Crippen LogP contribution in [0.5, 0.6) is 0 Å². The fourth-order valence-electron chi connectivity index (χ4n) is 3.63. The molecule has 1 spiro atoms. The third kappa shape index (κ3) is 4.28. The summed E-state index contributed by atoms with van der Waals surface area (Å²) in [6, 6.07) is 12.2. The van der Waals surface area contributed by atoms with Crippen molar-refractivity contribution in [3.8, 4) is 0 Å². The Bertz CT molecular complexity index is 945. The molecule has 2 amide bonds. The highest BCUT2D eigenvalue weighted by molar-refractivity contribution is 5.89. The lowest BCUT2D eigenvalue weighted by atomic mass is 9.90. The molecule has 2 aromatic rings. The van der Waals surface area contributed by atoms with Gasteiger partial charge in [-0.2, -0.15) is 13.2 Å². The summed E-state index contributed by atoms with van der Waals surface area (Å²) >= 11 is 0. The summed E-state index contributed by atoms with van der Waals surface area (Å²) in [5.41, 5.74) is 5.25. The van der Waals surface area contributed by atoms with E-state index in [0.29, 0.717) is 31.6 Å². The quantitative estimate of drug-likeness (QED) is 0.727. The second-order valence-corrected chi connectivity index (χ2v) is 7.69. The molecule has 2 aliphatic rings. The van der Waals surface area contributed by atoms with E-state index in [0.717, 1.165) is 23.4 Å². The Morgan fingerprint density at radius 2 is 1.70 bits per heavy atom. The van der Waals surface area contributed by atoms with Crippen LogP contribution in [0.2, 0.25) is 0 Å². The van der Waals surface area contributed by atoms with Crippen LogP contribution in [-0.2, 0) is 11.0 Å². The summed E-state index contributed by atoms with van der Waals surface area (Å²) in [5, 5.41) is 2.66. The predicted molar refractivity (Wildman–Crippen MR) is 107 cm³/mol. The molecule has 5 nitrogen and oxygen atoms in total. The standard InChI is InChI=1S/C22H22F3N3O2/c1-15-2-4-16(5-3-15)19-14-21(30-27-19)10-12-28(13-11-21)20(29)26-18-8-6-17(7-9-18)22(23,24)25/h2-9,14,27H,10-13H2,1H3,(H,26,29). The molecule has 0 aromatic heterocycles. The molecule has 158 valence electrons. The molecule has 2 aliphatic heterocycles. The fraction of sp³-hybridized carbons (Fsp3) is 0.318. The Morgan fingerprint density at radius 3 is 2.30 bits per heavy atom. The summed E-state index contributed by atoms with van der Waals surface area (Å²) in [4.78, 5) is 20.0. The molecular weight excluding hydrogens is 395 g/mol. The number of rotatable bonds is 2. The molecule has 4 rings (SSSR count). The van der Waals surface area contributed by atoms with Crippen molar-refractivity contribution in [3.63, 3.8) is 0 Å². The van der Waals surface area contributed by atoms with Crippen LogP contribution in [0, 0.1) is 6.92 Å². The topological polar surface area (TPSA) is 53.6 Å². The van der Waals surface area contributed by atoms with Gasteiger partial charge in [0.1, 0.15) is 5.60 Å². The molecule has 2 N–H and O–H groups in total. The zero-order valence-corrected chi connectivity index (χ0v) is 16.4. The van der Waals surface area contributed by atoms with Crippen LogP contribution in [0.4, 0.5) is 23.7 Å². The van der Waals surface area contributed by atoms with Gasteiger partial charge in [0.2, 0.25) is 0 Å².